The van der Waals surface area contributed by atoms with Gasteiger partial charge >= 0.3 is 0 Å². The van der Waals surface area contributed by atoms with Gasteiger partial charge in [0.15, 0.2) is 0 Å². The van der Waals surface area contributed by atoms with Crippen LogP contribution in [-0.2, 0) is 14.8 Å². The van der Waals surface area contributed by atoms with Crippen molar-refractivity contribution in [2.75, 3.05) is 31.1 Å². The van der Waals surface area contributed by atoms with E-state index in [9.17, 15) is 13.2 Å². The monoisotopic (exact) mass is 541 g/mol. The van der Waals surface area contributed by atoms with E-state index in [0.717, 1.165) is 23.0 Å². The molecule has 8 nitrogen and oxygen atoms in total. The van der Waals surface area contributed by atoms with Gasteiger partial charge in [-0.1, -0.05) is 54.1 Å². The maximum absolute atomic E-state index is 13.7. The predicted octanol–water partition coefficient (Wildman–Crippen LogP) is 4.02. The SMILES string of the molecule is Cc1ccc(Cl)cc1N1CCN(C(=O)[C@H](NS(=O)(=O)c2cccc3nsnc23)c2ccccc2)CC1. The number of nitrogens with one attached hydrogen (secondary N) is 1. The Balaban J connectivity index is 1.39. The number of anilines is 1. The van der Waals surface area contributed by atoms with Crippen LogP contribution in [0.25, 0.3) is 11.0 Å². The molecular formula is C25H24ClN5O3S2. The minimum absolute atomic E-state index is 0.00346. The highest BCUT2D eigenvalue weighted by atomic mass is 35.5. The lowest BCUT2D eigenvalue weighted by atomic mass is 10.1. The first-order valence-corrected chi connectivity index (χ1v) is 14.0. The van der Waals surface area contributed by atoms with Gasteiger partial charge in [0, 0.05) is 36.9 Å². The molecule has 0 unspecified atom stereocenters. The van der Waals surface area contributed by atoms with Gasteiger partial charge in [-0.05, 0) is 42.3 Å². The van der Waals surface area contributed by atoms with Crippen molar-refractivity contribution in [3.63, 3.8) is 0 Å². The Morgan fingerprint density at radius 1 is 1.00 bits per heavy atom. The normalized spacial score (nSPS) is 15.3. The van der Waals surface area contributed by atoms with Crippen molar-refractivity contribution in [1.82, 2.24) is 18.4 Å². The standard InChI is InChI=1S/C25H24ClN5O3S2/c1-17-10-11-19(26)16-21(17)30-12-14-31(15-13-30)25(32)23(18-6-3-2-4-7-18)29-36(33,34)22-9-5-8-20-24(22)28-35-27-20/h2-11,16,23,29H,12-15H2,1H3/t23-/m1/s1. The Bertz CT molecular complexity index is 1500. The Labute approximate surface area is 218 Å². The van der Waals surface area contributed by atoms with Crippen LogP contribution in [0, 0.1) is 6.92 Å². The van der Waals surface area contributed by atoms with Gasteiger partial charge in [-0.25, -0.2) is 8.42 Å². The molecule has 1 aliphatic rings. The molecule has 1 atom stereocenters. The van der Waals surface area contributed by atoms with E-state index in [0.29, 0.717) is 47.8 Å². The minimum Gasteiger partial charge on any atom is -0.368 e. The third kappa shape index (κ3) is 4.94. The Morgan fingerprint density at radius 3 is 2.50 bits per heavy atom. The predicted molar refractivity (Wildman–Crippen MR) is 142 cm³/mol. The molecule has 5 rings (SSSR count). The average Bonchev–Trinajstić information content (AvgIpc) is 3.38. The molecule has 1 fully saturated rings. The van der Waals surface area contributed by atoms with Crippen LogP contribution in [0.1, 0.15) is 17.2 Å². The van der Waals surface area contributed by atoms with E-state index >= 15 is 0 Å². The summed E-state index contributed by atoms with van der Waals surface area (Å²) in [5.41, 5.74) is 3.51. The van der Waals surface area contributed by atoms with Gasteiger partial charge in [0.2, 0.25) is 15.9 Å². The summed E-state index contributed by atoms with van der Waals surface area (Å²) in [4.78, 5) is 17.6. The molecule has 0 spiro atoms. The van der Waals surface area contributed by atoms with Crippen LogP contribution in [0.5, 0.6) is 0 Å². The summed E-state index contributed by atoms with van der Waals surface area (Å²) in [7, 11) is -4.07. The molecular weight excluding hydrogens is 518 g/mol. The summed E-state index contributed by atoms with van der Waals surface area (Å²) in [6.45, 7) is 4.18. The lowest BCUT2D eigenvalue weighted by molar-refractivity contribution is -0.133. The Kier molecular flexibility index (Phi) is 6.94. The molecule has 186 valence electrons. The number of hydrogen-bond acceptors (Lipinski definition) is 7. The van der Waals surface area contributed by atoms with E-state index < -0.39 is 16.1 Å². The molecule has 0 radical (unpaired) electrons. The largest absolute Gasteiger partial charge is 0.368 e. The van der Waals surface area contributed by atoms with Gasteiger partial charge in [-0.2, -0.15) is 13.5 Å². The summed E-state index contributed by atoms with van der Waals surface area (Å²) < 4.78 is 37.8. The quantitative estimate of drug-likeness (QED) is 0.396. The molecule has 1 N–H and O–H groups in total. The van der Waals surface area contributed by atoms with E-state index in [4.69, 9.17) is 11.6 Å². The first-order chi connectivity index (χ1) is 17.3. The molecule has 3 aromatic carbocycles. The van der Waals surface area contributed by atoms with Crippen LogP contribution in [0.3, 0.4) is 0 Å². The molecule has 0 aliphatic carbocycles. The van der Waals surface area contributed by atoms with Crippen molar-refractivity contribution in [2.45, 2.75) is 17.9 Å². The zero-order valence-corrected chi connectivity index (χ0v) is 21.9. The molecule has 36 heavy (non-hydrogen) atoms. The van der Waals surface area contributed by atoms with E-state index in [1.165, 1.54) is 6.07 Å². The number of rotatable bonds is 6. The summed E-state index contributed by atoms with van der Waals surface area (Å²) in [6.07, 6.45) is 0. The number of nitrogens with zero attached hydrogens (tertiary/aromatic N) is 4. The number of benzene rings is 3. The van der Waals surface area contributed by atoms with Crippen LogP contribution in [0.15, 0.2) is 71.6 Å². The maximum Gasteiger partial charge on any atom is 0.245 e. The fourth-order valence-corrected chi connectivity index (χ4v) is 6.51. The van der Waals surface area contributed by atoms with Crippen molar-refractivity contribution < 1.29 is 13.2 Å². The minimum atomic E-state index is -4.07. The van der Waals surface area contributed by atoms with E-state index in [2.05, 4.69) is 18.4 Å². The average molecular weight is 542 g/mol. The smallest absolute Gasteiger partial charge is 0.245 e. The number of fused-ring (bicyclic) bond motifs is 1. The van der Waals surface area contributed by atoms with Gasteiger partial charge < -0.3 is 9.80 Å². The molecule has 1 aromatic heterocycles. The summed E-state index contributed by atoms with van der Waals surface area (Å²) in [6, 6.07) is 18.4. The molecule has 0 saturated carbocycles. The van der Waals surface area contributed by atoms with E-state index in [-0.39, 0.29) is 10.8 Å². The lowest BCUT2D eigenvalue weighted by Crippen LogP contribution is -2.52. The number of halogens is 1. The van der Waals surface area contributed by atoms with Gasteiger partial charge in [-0.15, -0.1) is 0 Å². The molecule has 0 bridgehead atoms. The highest BCUT2D eigenvalue weighted by Gasteiger charge is 2.33. The number of piperazine rings is 1. The second-order valence-corrected chi connectivity index (χ2v) is 11.2. The van der Waals surface area contributed by atoms with Crippen LogP contribution < -0.4 is 9.62 Å². The van der Waals surface area contributed by atoms with Crippen LogP contribution in [0.4, 0.5) is 5.69 Å². The van der Waals surface area contributed by atoms with Crippen molar-refractivity contribution in [3.05, 3.63) is 82.9 Å². The van der Waals surface area contributed by atoms with Crippen molar-refractivity contribution in [2.24, 2.45) is 0 Å². The number of hydrogen-bond donors (Lipinski definition) is 1. The first-order valence-electron chi connectivity index (χ1n) is 11.4. The van der Waals surface area contributed by atoms with Crippen LogP contribution in [-0.4, -0.2) is 54.2 Å². The zero-order chi connectivity index (χ0) is 25.3. The second kappa shape index (κ2) is 10.1. The number of carbonyl (C=O) groups excluding carboxylic acids is 1. The van der Waals surface area contributed by atoms with Crippen molar-refractivity contribution in [1.29, 1.82) is 0 Å². The molecule has 11 heteroatoms. The number of amides is 1. The molecule has 1 amide bonds. The third-order valence-electron chi connectivity index (χ3n) is 6.29. The Hall–Kier alpha value is -3.05. The fourth-order valence-electron chi connectivity index (χ4n) is 4.40. The first kappa shape index (κ1) is 24.6. The highest BCUT2D eigenvalue weighted by molar-refractivity contribution is 7.89. The zero-order valence-electron chi connectivity index (χ0n) is 19.5. The molecule has 1 aliphatic heterocycles. The topological polar surface area (TPSA) is 95.5 Å². The van der Waals surface area contributed by atoms with Crippen molar-refractivity contribution >= 4 is 56.0 Å². The third-order valence-corrected chi connectivity index (χ3v) is 8.53. The van der Waals surface area contributed by atoms with E-state index in [1.807, 2.05) is 31.2 Å². The summed E-state index contributed by atoms with van der Waals surface area (Å²) in [5.74, 6) is -0.296. The van der Waals surface area contributed by atoms with Gasteiger partial charge in [0.25, 0.3) is 0 Å². The summed E-state index contributed by atoms with van der Waals surface area (Å²) >= 11 is 7.15. The van der Waals surface area contributed by atoms with Gasteiger partial charge in [-0.3, -0.25) is 4.79 Å². The second-order valence-electron chi connectivity index (χ2n) is 8.60. The van der Waals surface area contributed by atoms with Gasteiger partial charge in [0.05, 0.1) is 11.7 Å². The maximum atomic E-state index is 13.7. The summed E-state index contributed by atoms with van der Waals surface area (Å²) in [5, 5.41) is 0.665. The van der Waals surface area contributed by atoms with Crippen LogP contribution >= 0.6 is 23.3 Å². The lowest BCUT2D eigenvalue weighted by Gasteiger charge is -2.38. The number of aromatic nitrogens is 2. The van der Waals surface area contributed by atoms with Gasteiger partial charge in [0.1, 0.15) is 22.0 Å². The number of aryl methyl sites for hydroxylation is 1. The fraction of sp³-hybridized carbons (Fsp3) is 0.240. The molecule has 2 heterocycles. The number of carbonyl (C=O) groups is 1. The number of sulfonamides is 1. The molecule has 1 saturated heterocycles. The van der Waals surface area contributed by atoms with E-state index in [1.54, 1.807) is 41.3 Å². The van der Waals surface area contributed by atoms with Crippen LogP contribution in [0.2, 0.25) is 5.02 Å². The van der Waals surface area contributed by atoms with Crippen molar-refractivity contribution in [3.8, 4) is 0 Å². The highest BCUT2D eigenvalue weighted by Crippen LogP contribution is 2.27. The molecule has 4 aromatic rings. The Morgan fingerprint density at radius 2 is 1.75 bits per heavy atom.